The maximum Gasteiger partial charge on any atom is 1.00 e. The average molecular weight is 143 g/mol. The van der Waals surface area contributed by atoms with Gasteiger partial charge in [0.1, 0.15) is 0 Å². The maximum atomic E-state index is 9.00. The Kier molecular flexibility index (Phi) is 31.4. The first kappa shape index (κ1) is 16.0. The molecule has 0 radical (unpaired) electrons. The van der Waals surface area contributed by atoms with Gasteiger partial charge in [-0.25, -0.2) is 0 Å². The number of nitrogens with zero attached hydrogens (tertiary/aromatic N) is 1. The van der Waals surface area contributed by atoms with Crippen molar-refractivity contribution >= 4 is 5.97 Å². The van der Waals surface area contributed by atoms with Crippen molar-refractivity contribution in [3.63, 3.8) is 0 Å². The van der Waals surface area contributed by atoms with Gasteiger partial charge in [0.25, 0.3) is 5.97 Å². The van der Waals surface area contributed by atoms with Crippen LogP contribution in [0.3, 0.4) is 0 Å². The van der Waals surface area contributed by atoms with Crippen LogP contribution in [-0.2, 0) is 4.79 Å². The molecule has 8 heavy (non-hydrogen) atoms. The van der Waals surface area contributed by atoms with Crippen molar-refractivity contribution in [1.29, 1.82) is 0 Å². The summed E-state index contributed by atoms with van der Waals surface area (Å²) in [7, 11) is 3.50. The number of hydrogen-bond donors (Lipinski definition) is 1. The summed E-state index contributed by atoms with van der Waals surface area (Å²) < 4.78 is 0. The minimum Gasteiger partial charge on any atom is -0.668 e. The summed E-state index contributed by atoms with van der Waals surface area (Å²) in [4.78, 5) is 9.00. The SMILES string of the molecule is CC(=O)O.C[N-]C.[K+]. The molecule has 0 saturated heterocycles. The Morgan fingerprint density at radius 3 is 1.50 bits per heavy atom. The second kappa shape index (κ2) is 15.7. The molecule has 0 aliphatic carbocycles. The molecule has 0 aliphatic rings. The van der Waals surface area contributed by atoms with Crippen molar-refractivity contribution in [3.8, 4) is 0 Å². The number of carboxylic acids is 1. The van der Waals surface area contributed by atoms with E-state index in [2.05, 4.69) is 5.32 Å². The smallest absolute Gasteiger partial charge is 0.668 e. The number of aliphatic carboxylic acids is 1. The van der Waals surface area contributed by atoms with Crippen LogP contribution in [0.5, 0.6) is 0 Å². The van der Waals surface area contributed by atoms with Crippen LogP contribution in [0.15, 0.2) is 0 Å². The van der Waals surface area contributed by atoms with Crippen molar-refractivity contribution in [2.45, 2.75) is 6.92 Å². The minimum atomic E-state index is -0.833. The van der Waals surface area contributed by atoms with Gasteiger partial charge in [0, 0.05) is 6.92 Å². The molecule has 0 unspecified atom stereocenters. The third-order valence-electron chi connectivity index (χ3n) is 0. The van der Waals surface area contributed by atoms with Gasteiger partial charge in [-0.3, -0.25) is 4.79 Å². The topological polar surface area (TPSA) is 51.4 Å². The first-order valence-corrected chi connectivity index (χ1v) is 1.82. The zero-order valence-corrected chi connectivity index (χ0v) is 8.93. The van der Waals surface area contributed by atoms with E-state index in [4.69, 9.17) is 9.90 Å². The number of rotatable bonds is 0. The number of hydrogen-bond acceptors (Lipinski definition) is 1. The van der Waals surface area contributed by atoms with Crippen LogP contribution < -0.4 is 51.4 Å². The predicted octanol–water partition coefficient (Wildman–Crippen LogP) is -2.29. The van der Waals surface area contributed by atoms with E-state index in [-0.39, 0.29) is 51.4 Å². The molecule has 0 spiro atoms. The van der Waals surface area contributed by atoms with Crippen molar-refractivity contribution in [2.24, 2.45) is 0 Å². The van der Waals surface area contributed by atoms with Crippen LogP contribution in [0, 0.1) is 0 Å². The second-order valence-electron chi connectivity index (χ2n) is 0.966. The van der Waals surface area contributed by atoms with Gasteiger partial charge in [0.15, 0.2) is 0 Å². The van der Waals surface area contributed by atoms with Gasteiger partial charge < -0.3 is 10.4 Å². The summed E-state index contributed by atoms with van der Waals surface area (Å²) in [5.74, 6) is -0.833. The summed E-state index contributed by atoms with van der Waals surface area (Å²) >= 11 is 0. The van der Waals surface area contributed by atoms with Crippen LogP contribution in [0.1, 0.15) is 6.92 Å². The molecule has 0 aromatic heterocycles. The Labute approximate surface area is 92.3 Å². The fourth-order valence-electron chi connectivity index (χ4n) is 0. The van der Waals surface area contributed by atoms with E-state index in [1.165, 1.54) is 0 Å². The van der Waals surface area contributed by atoms with Crippen molar-refractivity contribution in [3.05, 3.63) is 5.32 Å². The molecule has 0 fully saturated rings. The molecule has 0 amide bonds. The van der Waals surface area contributed by atoms with Gasteiger partial charge >= 0.3 is 51.4 Å². The van der Waals surface area contributed by atoms with Gasteiger partial charge in [-0.2, -0.15) is 14.1 Å². The Balaban J connectivity index is -0.0000000575. The van der Waals surface area contributed by atoms with Gasteiger partial charge in [0.05, 0.1) is 0 Å². The van der Waals surface area contributed by atoms with E-state index in [9.17, 15) is 0 Å². The molecule has 0 atom stereocenters. The van der Waals surface area contributed by atoms with E-state index >= 15 is 0 Å². The first-order valence-electron chi connectivity index (χ1n) is 1.82. The minimum absolute atomic E-state index is 0. The summed E-state index contributed by atoms with van der Waals surface area (Å²) in [5.41, 5.74) is 0. The van der Waals surface area contributed by atoms with Crippen molar-refractivity contribution < 1.29 is 61.3 Å². The molecule has 0 aromatic carbocycles. The van der Waals surface area contributed by atoms with Crippen LogP contribution in [-0.4, -0.2) is 25.2 Å². The Hall–Kier alpha value is 1.07. The van der Waals surface area contributed by atoms with Gasteiger partial charge in [0.2, 0.25) is 0 Å². The molecule has 44 valence electrons. The Morgan fingerprint density at radius 1 is 1.50 bits per heavy atom. The van der Waals surface area contributed by atoms with E-state index in [1.807, 2.05) is 0 Å². The second-order valence-corrected chi connectivity index (χ2v) is 0.966. The molecular weight excluding hydrogens is 133 g/mol. The molecule has 0 aliphatic heterocycles. The van der Waals surface area contributed by atoms with Crippen LogP contribution in [0.25, 0.3) is 5.32 Å². The molecule has 1 N–H and O–H groups in total. The Bertz CT molecular complexity index is 45.3. The number of carboxylic acid groups (broad SMARTS) is 1. The van der Waals surface area contributed by atoms with E-state index in [1.54, 1.807) is 14.1 Å². The van der Waals surface area contributed by atoms with Gasteiger partial charge in [-0.1, -0.05) is 0 Å². The Morgan fingerprint density at radius 2 is 1.50 bits per heavy atom. The summed E-state index contributed by atoms with van der Waals surface area (Å²) in [6, 6.07) is 0. The standard InChI is InChI=1S/C2H6N.C2H4O2.K/c1-3-2;1-2(3)4;/h1-2H3;1H3,(H,3,4);/q-1;;+1. The molecule has 0 bridgehead atoms. The summed E-state index contributed by atoms with van der Waals surface area (Å²) in [6.45, 7) is 1.08. The van der Waals surface area contributed by atoms with E-state index in [0.717, 1.165) is 6.92 Å². The molecule has 3 nitrogen and oxygen atoms in total. The van der Waals surface area contributed by atoms with Crippen LogP contribution >= 0.6 is 0 Å². The molecule has 0 aromatic rings. The number of carbonyl (C=O) groups is 1. The van der Waals surface area contributed by atoms with E-state index < -0.39 is 5.97 Å². The van der Waals surface area contributed by atoms with Crippen molar-refractivity contribution in [1.82, 2.24) is 0 Å². The molecular formula is C4H10KNO2. The predicted molar refractivity (Wildman–Crippen MR) is 28.5 cm³/mol. The van der Waals surface area contributed by atoms with Crippen molar-refractivity contribution in [2.75, 3.05) is 14.1 Å². The van der Waals surface area contributed by atoms with Crippen LogP contribution in [0.4, 0.5) is 0 Å². The summed E-state index contributed by atoms with van der Waals surface area (Å²) in [5, 5.41) is 10.9. The zero-order chi connectivity index (χ0) is 6.28. The fourth-order valence-corrected chi connectivity index (χ4v) is 0. The summed E-state index contributed by atoms with van der Waals surface area (Å²) in [6.07, 6.45) is 0. The maximum absolute atomic E-state index is 9.00. The zero-order valence-electron chi connectivity index (χ0n) is 5.80. The van der Waals surface area contributed by atoms with E-state index in [0.29, 0.717) is 0 Å². The normalized spacial score (nSPS) is 5.38. The van der Waals surface area contributed by atoms with Crippen LogP contribution in [0.2, 0.25) is 0 Å². The quantitative estimate of drug-likeness (QED) is 0.388. The van der Waals surface area contributed by atoms with Gasteiger partial charge in [-0.15, -0.1) is 0 Å². The monoisotopic (exact) mass is 143 g/mol. The molecule has 0 rings (SSSR count). The first-order chi connectivity index (χ1) is 3.15. The fraction of sp³-hybridized carbons (Fsp3) is 0.750. The molecule has 4 heteroatoms. The average Bonchev–Trinajstić information content (AvgIpc) is 1.33. The third-order valence-corrected chi connectivity index (χ3v) is 0. The largest absolute Gasteiger partial charge is 1.00 e. The van der Waals surface area contributed by atoms with Gasteiger partial charge in [-0.05, 0) is 0 Å². The molecule has 0 heterocycles. The third kappa shape index (κ3) is 229. The molecule has 0 saturated carbocycles.